The molecule has 0 heterocycles. The molecule has 1 aliphatic carbocycles. The molecule has 1 aromatic carbocycles. The molecule has 1 aliphatic rings. The second-order valence-corrected chi connectivity index (χ2v) is 9.85. The van der Waals surface area contributed by atoms with E-state index in [1.165, 1.54) is 0 Å². The molecule has 7 nitrogen and oxygen atoms in total. The number of hydrogen-bond acceptors (Lipinski definition) is 5. The third kappa shape index (κ3) is 8.09. The summed E-state index contributed by atoms with van der Waals surface area (Å²) >= 11 is 0. The Kier molecular flexibility index (Phi) is 12.8. The fraction of sp³-hybridized carbons (Fsp3) is 0.682. The molecule has 9 heteroatoms. The van der Waals surface area contributed by atoms with Gasteiger partial charge in [-0.3, -0.25) is 9.20 Å². The maximum atomic E-state index is 12.2. The van der Waals surface area contributed by atoms with Crippen LogP contribution < -0.4 is 20.1 Å². The predicted molar refractivity (Wildman–Crippen MR) is 141 cm³/mol. The Bertz CT molecular complexity index is 733. The summed E-state index contributed by atoms with van der Waals surface area (Å²) in [6, 6.07) is 6.47. The third-order valence-electron chi connectivity index (χ3n) is 5.73. The van der Waals surface area contributed by atoms with Crippen LogP contribution >= 0.6 is 24.0 Å². The Hall–Kier alpha value is -1.07. The van der Waals surface area contributed by atoms with Crippen molar-refractivity contribution in [3.05, 3.63) is 23.8 Å². The first-order chi connectivity index (χ1) is 14.4. The van der Waals surface area contributed by atoms with Crippen molar-refractivity contribution in [3.63, 3.8) is 0 Å². The monoisotopic (exact) mass is 566 g/mol. The van der Waals surface area contributed by atoms with Gasteiger partial charge in [-0.2, -0.15) is 0 Å². The molecule has 0 spiro atoms. The predicted octanol–water partition coefficient (Wildman–Crippen LogP) is 3.17. The topological polar surface area (TPSA) is 75.2 Å². The number of aliphatic imine (C=N–C) groups is 1. The lowest BCUT2D eigenvalue weighted by Crippen LogP contribution is -2.48. The van der Waals surface area contributed by atoms with Crippen LogP contribution in [0.4, 0.5) is 0 Å². The number of ether oxygens (including phenoxy) is 2. The number of halogens is 1. The van der Waals surface area contributed by atoms with Crippen molar-refractivity contribution in [1.29, 1.82) is 0 Å². The van der Waals surface area contributed by atoms with E-state index in [2.05, 4.69) is 40.7 Å². The van der Waals surface area contributed by atoms with Crippen LogP contribution in [0.3, 0.4) is 0 Å². The van der Waals surface area contributed by atoms with Gasteiger partial charge in [0.25, 0.3) is 0 Å². The maximum Gasteiger partial charge on any atom is 0.191 e. The molecule has 31 heavy (non-hydrogen) atoms. The van der Waals surface area contributed by atoms with E-state index in [4.69, 9.17) is 9.47 Å². The summed E-state index contributed by atoms with van der Waals surface area (Å²) in [4.78, 5) is 6.58. The molecule has 178 valence electrons. The van der Waals surface area contributed by atoms with Crippen molar-refractivity contribution in [3.8, 4) is 11.5 Å². The molecule has 1 aromatic rings. The van der Waals surface area contributed by atoms with Gasteiger partial charge in [0.2, 0.25) is 0 Å². The molecule has 1 saturated carbocycles. The maximum absolute atomic E-state index is 12.2. The number of nitrogens with one attached hydrogen (secondary N) is 2. The molecule has 0 aromatic heterocycles. The number of hydrogen-bond donors (Lipinski definition) is 2. The summed E-state index contributed by atoms with van der Waals surface area (Å²) in [6.45, 7) is 2.70. The van der Waals surface area contributed by atoms with E-state index in [0.717, 1.165) is 54.5 Å². The Morgan fingerprint density at radius 1 is 1.26 bits per heavy atom. The second kappa shape index (κ2) is 14.2. The number of likely N-dealkylation sites (N-methyl/N-ethyl adjacent to an activating group) is 1. The Balaban J connectivity index is 0.00000480. The van der Waals surface area contributed by atoms with Gasteiger partial charge in [-0.05, 0) is 51.1 Å². The molecule has 0 aliphatic heterocycles. The quantitative estimate of drug-likeness (QED) is 0.272. The second-order valence-electron chi connectivity index (χ2n) is 7.85. The highest BCUT2D eigenvalue weighted by molar-refractivity contribution is 14.0. The van der Waals surface area contributed by atoms with Gasteiger partial charge in [0.05, 0.1) is 20.3 Å². The zero-order chi connectivity index (χ0) is 22.1. The molecule has 4 unspecified atom stereocenters. The van der Waals surface area contributed by atoms with E-state index in [1.807, 2.05) is 19.1 Å². The standard InChI is InChI=1S/C22H38N4O3S.HI/c1-7-30(27)18-10-8-9-17(14-18)25-22(23-2)24-15-19(26(3)4)16-11-12-20(28-5)21(13-16)29-6;/h11-13,17-19H,7-10,14-15H2,1-6H3,(H2,23,24,25);1H. The van der Waals surface area contributed by atoms with Crippen molar-refractivity contribution in [2.24, 2.45) is 4.99 Å². The Morgan fingerprint density at radius 2 is 1.97 bits per heavy atom. The minimum Gasteiger partial charge on any atom is -0.493 e. The molecule has 2 N–H and O–H groups in total. The van der Waals surface area contributed by atoms with Crippen molar-refractivity contribution in [2.45, 2.75) is 49.9 Å². The van der Waals surface area contributed by atoms with Crippen LogP contribution in [0.15, 0.2) is 23.2 Å². The zero-order valence-electron chi connectivity index (χ0n) is 19.6. The number of methoxy groups -OCH3 is 2. The van der Waals surface area contributed by atoms with E-state index in [9.17, 15) is 4.21 Å². The SMILES string of the molecule is CCS(=O)C1CCCC(NC(=NC)NCC(c2ccc(OC)c(OC)c2)N(C)C)C1.I. The molecule has 1 fully saturated rings. The minimum atomic E-state index is -0.728. The number of benzene rings is 1. The highest BCUT2D eigenvalue weighted by Crippen LogP contribution is 2.31. The summed E-state index contributed by atoms with van der Waals surface area (Å²) in [7, 11) is 8.48. The third-order valence-corrected chi connectivity index (χ3v) is 7.47. The number of nitrogens with zero attached hydrogens (tertiary/aromatic N) is 2. The molecule has 0 amide bonds. The fourth-order valence-corrected chi connectivity index (χ4v) is 5.34. The van der Waals surface area contributed by atoms with Crippen molar-refractivity contribution < 1.29 is 13.7 Å². The lowest BCUT2D eigenvalue weighted by atomic mass is 9.95. The summed E-state index contributed by atoms with van der Waals surface area (Å²) in [6.07, 6.45) is 4.20. The number of guanidine groups is 1. The lowest BCUT2D eigenvalue weighted by molar-refractivity contribution is 0.295. The molecule has 2 rings (SSSR count). The summed E-state index contributed by atoms with van der Waals surface area (Å²) in [5, 5.41) is 7.30. The highest BCUT2D eigenvalue weighted by atomic mass is 127. The van der Waals surface area contributed by atoms with Gasteiger partial charge < -0.3 is 25.0 Å². The summed E-state index contributed by atoms with van der Waals surface area (Å²) in [5.41, 5.74) is 1.14. The molecule has 0 saturated heterocycles. The van der Waals surface area contributed by atoms with E-state index in [-0.39, 0.29) is 30.0 Å². The van der Waals surface area contributed by atoms with E-state index in [1.54, 1.807) is 21.3 Å². The lowest BCUT2D eigenvalue weighted by Gasteiger charge is -2.31. The molecular formula is C22H39IN4O3S. The average molecular weight is 567 g/mol. The van der Waals surface area contributed by atoms with Gasteiger partial charge in [0, 0.05) is 41.4 Å². The average Bonchev–Trinajstić information content (AvgIpc) is 2.77. The minimum absolute atomic E-state index is 0. The van der Waals surface area contributed by atoms with Gasteiger partial charge in [0.15, 0.2) is 17.5 Å². The van der Waals surface area contributed by atoms with Gasteiger partial charge in [-0.1, -0.05) is 19.4 Å². The van der Waals surface area contributed by atoms with Gasteiger partial charge in [-0.15, -0.1) is 24.0 Å². The van der Waals surface area contributed by atoms with E-state index >= 15 is 0 Å². The van der Waals surface area contributed by atoms with Crippen molar-refractivity contribution >= 4 is 40.7 Å². The largest absolute Gasteiger partial charge is 0.493 e. The fourth-order valence-electron chi connectivity index (χ4n) is 3.99. The van der Waals surface area contributed by atoms with Crippen LogP contribution in [0.2, 0.25) is 0 Å². The molecule has 0 bridgehead atoms. The van der Waals surface area contributed by atoms with Gasteiger partial charge in [-0.25, -0.2) is 0 Å². The summed E-state index contributed by atoms with van der Waals surface area (Å²) < 4.78 is 23.1. The van der Waals surface area contributed by atoms with Gasteiger partial charge >= 0.3 is 0 Å². The molecule has 4 atom stereocenters. The normalized spacial score (nSPS) is 21.1. The first-order valence-corrected chi connectivity index (χ1v) is 12.0. The number of rotatable bonds is 9. The van der Waals surface area contributed by atoms with Crippen molar-refractivity contribution in [1.82, 2.24) is 15.5 Å². The van der Waals surface area contributed by atoms with E-state index in [0.29, 0.717) is 17.8 Å². The molecular weight excluding hydrogens is 527 g/mol. The van der Waals surface area contributed by atoms with Gasteiger partial charge in [0.1, 0.15) is 0 Å². The highest BCUT2D eigenvalue weighted by Gasteiger charge is 2.26. The van der Waals surface area contributed by atoms with Crippen LogP contribution in [0, 0.1) is 0 Å². The van der Waals surface area contributed by atoms with Crippen LogP contribution in [0.25, 0.3) is 0 Å². The Morgan fingerprint density at radius 3 is 2.55 bits per heavy atom. The van der Waals surface area contributed by atoms with Crippen LogP contribution in [0.5, 0.6) is 11.5 Å². The first kappa shape index (κ1) is 28.0. The Labute approximate surface area is 207 Å². The van der Waals surface area contributed by atoms with Crippen LogP contribution in [-0.2, 0) is 10.8 Å². The van der Waals surface area contributed by atoms with Crippen LogP contribution in [0.1, 0.15) is 44.2 Å². The smallest absolute Gasteiger partial charge is 0.191 e. The van der Waals surface area contributed by atoms with E-state index < -0.39 is 10.8 Å². The first-order valence-electron chi connectivity index (χ1n) is 10.7. The van der Waals surface area contributed by atoms with Crippen LogP contribution in [-0.4, -0.2) is 74.0 Å². The van der Waals surface area contributed by atoms with Crippen molar-refractivity contribution in [2.75, 3.05) is 47.7 Å². The summed E-state index contributed by atoms with van der Waals surface area (Å²) in [5.74, 6) is 2.97. The zero-order valence-corrected chi connectivity index (χ0v) is 22.8. The molecule has 0 radical (unpaired) electrons.